The molecule has 0 aliphatic rings. The van der Waals surface area contributed by atoms with Gasteiger partial charge in [0.2, 0.25) is 6.19 Å². The Morgan fingerprint density at radius 1 is 1.62 bits per heavy atom. The lowest BCUT2D eigenvalue weighted by Gasteiger charge is -2.18. The summed E-state index contributed by atoms with van der Waals surface area (Å²) < 4.78 is 2.16. The van der Waals surface area contributed by atoms with Crippen LogP contribution in [0.4, 0.5) is 0 Å². The van der Waals surface area contributed by atoms with E-state index in [9.17, 15) is 0 Å². The van der Waals surface area contributed by atoms with Crippen molar-refractivity contribution in [1.29, 1.82) is 5.26 Å². The van der Waals surface area contributed by atoms with Crippen LogP contribution >= 0.6 is 45.2 Å². The fraction of sp³-hybridized carbons (Fsp3) is 0.300. The van der Waals surface area contributed by atoms with Gasteiger partial charge in [0.25, 0.3) is 0 Å². The maximum absolute atomic E-state index is 8.46. The van der Waals surface area contributed by atoms with Crippen molar-refractivity contribution in [3.63, 3.8) is 0 Å². The van der Waals surface area contributed by atoms with Crippen molar-refractivity contribution in [1.82, 2.24) is 9.88 Å². The largest absolute Gasteiger partial charge is 0.358 e. The molecule has 0 fully saturated rings. The van der Waals surface area contributed by atoms with Crippen LogP contribution in [-0.4, -0.2) is 22.8 Å². The van der Waals surface area contributed by atoms with Crippen LogP contribution in [0.5, 0.6) is 0 Å². The maximum atomic E-state index is 8.46. The summed E-state index contributed by atoms with van der Waals surface area (Å²) in [5.74, 6) is 0.705. The molecule has 0 aliphatic carbocycles. The number of rotatable bonds is 2. The Morgan fingerprint density at radius 3 is 2.88 bits per heavy atom. The molecule has 16 heavy (non-hydrogen) atoms. The fourth-order valence-electron chi connectivity index (χ4n) is 1.08. The van der Waals surface area contributed by atoms with Crippen LogP contribution in [0.15, 0.2) is 17.3 Å². The molecule has 0 saturated carbocycles. The Morgan fingerprint density at radius 2 is 2.31 bits per heavy atom. The normalized spacial score (nSPS) is 11.1. The Kier molecular flexibility index (Phi) is 5.40. The monoisotopic (exact) mass is 440 g/mol. The number of halogens is 2. The van der Waals surface area contributed by atoms with Crippen molar-refractivity contribution in [3.8, 4) is 6.19 Å². The molecule has 0 amide bonds. The van der Waals surface area contributed by atoms with E-state index in [1.807, 2.05) is 31.1 Å². The van der Waals surface area contributed by atoms with Crippen molar-refractivity contribution in [2.75, 3.05) is 7.05 Å². The minimum atomic E-state index is 0.705. The van der Waals surface area contributed by atoms with Gasteiger partial charge in [-0.25, -0.2) is 4.98 Å². The van der Waals surface area contributed by atoms with E-state index in [0.29, 0.717) is 12.4 Å². The first-order chi connectivity index (χ1) is 7.54. The van der Waals surface area contributed by atoms with E-state index in [1.165, 1.54) is 3.57 Å². The molecule has 1 rings (SSSR count). The summed E-state index contributed by atoms with van der Waals surface area (Å²) in [4.78, 5) is 9.87. The van der Waals surface area contributed by atoms with Crippen LogP contribution in [0, 0.1) is 18.7 Å². The number of aliphatic imine (C=N–C) groups is 1. The molecule has 0 unspecified atom stereocenters. The standard InChI is InChI=1S/C10H10I2N4/c1-7(15-6-13)16(2)5-8-4-14-10(12)3-9(8)11/h3-4H,5H2,1-2H3. The van der Waals surface area contributed by atoms with E-state index in [2.05, 4.69) is 55.2 Å². The second-order valence-electron chi connectivity index (χ2n) is 3.21. The van der Waals surface area contributed by atoms with Crippen LogP contribution in [-0.2, 0) is 6.54 Å². The predicted molar refractivity (Wildman–Crippen MR) is 79.9 cm³/mol. The van der Waals surface area contributed by atoms with Gasteiger partial charge >= 0.3 is 0 Å². The number of hydrogen-bond donors (Lipinski definition) is 0. The zero-order valence-corrected chi connectivity index (χ0v) is 13.2. The van der Waals surface area contributed by atoms with Crippen LogP contribution in [0.2, 0.25) is 0 Å². The lowest BCUT2D eigenvalue weighted by molar-refractivity contribution is 0.495. The second kappa shape index (κ2) is 6.34. The molecule has 6 heteroatoms. The van der Waals surface area contributed by atoms with E-state index in [1.54, 1.807) is 6.19 Å². The van der Waals surface area contributed by atoms with Gasteiger partial charge in [0.15, 0.2) is 0 Å². The molecule has 0 aliphatic heterocycles. The molecule has 1 aromatic rings. The quantitative estimate of drug-likeness (QED) is 0.234. The molecular formula is C10H10I2N4. The minimum absolute atomic E-state index is 0.705. The van der Waals surface area contributed by atoms with Crippen molar-refractivity contribution in [2.24, 2.45) is 4.99 Å². The van der Waals surface area contributed by atoms with Crippen molar-refractivity contribution in [3.05, 3.63) is 25.1 Å². The molecule has 0 radical (unpaired) electrons. The van der Waals surface area contributed by atoms with Crippen molar-refractivity contribution < 1.29 is 0 Å². The highest BCUT2D eigenvalue weighted by Gasteiger charge is 2.06. The summed E-state index contributed by atoms with van der Waals surface area (Å²) in [6, 6.07) is 2.03. The number of nitrogens with zero attached hydrogens (tertiary/aromatic N) is 4. The third-order valence-corrected chi connectivity index (χ3v) is 3.66. The van der Waals surface area contributed by atoms with E-state index < -0.39 is 0 Å². The lowest BCUT2D eigenvalue weighted by Crippen LogP contribution is -2.24. The molecule has 0 saturated heterocycles. The SMILES string of the molecule is CC(=NC#N)N(C)Cc1cnc(I)cc1I. The van der Waals surface area contributed by atoms with E-state index in [-0.39, 0.29) is 0 Å². The molecule has 0 bridgehead atoms. The first-order valence-electron chi connectivity index (χ1n) is 4.49. The first kappa shape index (κ1) is 13.6. The molecule has 4 nitrogen and oxygen atoms in total. The number of amidine groups is 1. The highest BCUT2D eigenvalue weighted by Crippen LogP contribution is 2.15. The highest BCUT2D eigenvalue weighted by molar-refractivity contribution is 14.1. The van der Waals surface area contributed by atoms with Crippen LogP contribution in [0.3, 0.4) is 0 Å². The predicted octanol–water partition coefficient (Wildman–Crippen LogP) is 2.62. The van der Waals surface area contributed by atoms with Gasteiger partial charge in [0.05, 0.1) is 0 Å². The molecular weight excluding hydrogens is 430 g/mol. The van der Waals surface area contributed by atoms with Gasteiger partial charge < -0.3 is 4.90 Å². The Hall–Kier alpha value is -0.430. The van der Waals surface area contributed by atoms with Gasteiger partial charge in [0.1, 0.15) is 9.54 Å². The van der Waals surface area contributed by atoms with Gasteiger partial charge in [-0.3, -0.25) is 0 Å². The minimum Gasteiger partial charge on any atom is -0.358 e. The summed E-state index contributed by atoms with van der Waals surface area (Å²) in [6.45, 7) is 2.52. The average molecular weight is 440 g/mol. The molecule has 0 aromatic carbocycles. The number of hydrogen-bond acceptors (Lipinski definition) is 3. The van der Waals surface area contributed by atoms with Crippen molar-refractivity contribution >= 4 is 51.0 Å². The Bertz CT molecular complexity index is 451. The summed E-state index contributed by atoms with van der Waals surface area (Å²) in [6.07, 6.45) is 3.65. The zero-order chi connectivity index (χ0) is 12.1. The smallest absolute Gasteiger partial charge is 0.207 e. The van der Waals surface area contributed by atoms with Crippen molar-refractivity contribution in [2.45, 2.75) is 13.5 Å². The summed E-state index contributed by atoms with van der Waals surface area (Å²) in [5, 5.41) is 8.46. The van der Waals surface area contributed by atoms with Gasteiger partial charge in [-0.15, -0.1) is 0 Å². The molecule has 0 N–H and O–H groups in total. The number of aromatic nitrogens is 1. The summed E-state index contributed by atoms with van der Waals surface area (Å²) >= 11 is 4.47. The highest BCUT2D eigenvalue weighted by atomic mass is 127. The zero-order valence-electron chi connectivity index (χ0n) is 8.91. The van der Waals surface area contributed by atoms with Gasteiger partial charge in [0, 0.05) is 28.9 Å². The molecule has 1 heterocycles. The van der Waals surface area contributed by atoms with E-state index in [0.717, 1.165) is 9.26 Å². The first-order valence-corrected chi connectivity index (χ1v) is 6.64. The van der Waals surface area contributed by atoms with E-state index in [4.69, 9.17) is 5.26 Å². The molecule has 84 valence electrons. The summed E-state index contributed by atoms with van der Waals surface area (Å²) in [7, 11) is 1.91. The van der Waals surface area contributed by atoms with E-state index >= 15 is 0 Å². The second-order valence-corrected chi connectivity index (χ2v) is 5.48. The lowest BCUT2D eigenvalue weighted by atomic mass is 10.3. The maximum Gasteiger partial charge on any atom is 0.207 e. The Labute approximate surface area is 122 Å². The van der Waals surface area contributed by atoms with Crippen LogP contribution in [0.1, 0.15) is 12.5 Å². The molecule has 0 atom stereocenters. The van der Waals surface area contributed by atoms with Gasteiger partial charge in [-0.05, 0) is 58.2 Å². The number of pyridine rings is 1. The van der Waals surface area contributed by atoms with Crippen LogP contribution in [0.25, 0.3) is 0 Å². The topological polar surface area (TPSA) is 52.3 Å². The molecule has 0 spiro atoms. The fourth-order valence-corrected chi connectivity index (χ4v) is 2.73. The molecule has 1 aromatic heterocycles. The summed E-state index contributed by atoms with van der Waals surface area (Å²) in [5.41, 5.74) is 1.14. The van der Waals surface area contributed by atoms with Gasteiger partial charge in [-0.1, -0.05) is 0 Å². The van der Waals surface area contributed by atoms with Gasteiger partial charge in [-0.2, -0.15) is 10.3 Å². The third-order valence-electron chi connectivity index (χ3n) is 2.07. The third kappa shape index (κ3) is 3.86. The Balaban J connectivity index is 2.82. The van der Waals surface area contributed by atoms with Crippen LogP contribution < -0.4 is 0 Å². The average Bonchev–Trinajstić information content (AvgIpc) is 2.22. The number of nitriles is 1.